The van der Waals surface area contributed by atoms with Gasteiger partial charge in [-0.05, 0) is 86.5 Å². The zero-order valence-electron chi connectivity index (χ0n) is 29.5. The Bertz CT molecular complexity index is 1810. The summed E-state index contributed by atoms with van der Waals surface area (Å²) in [5, 5.41) is 10.8. The molecule has 0 radical (unpaired) electrons. The van der Waals surface area contributed by atoms with Gasteiger partial charge in [0.2, 0.25) is 17.7 Å². The number of fused-ring (bicyclic) bond motifs is 3. The molecule has 3 amide bonds. The first-order chi connectivity index (χ1) is 24.7. The molecule has 5 rings (SSSR count). The summed E-state index contributed by atoms with van der Waals surface area (Å²) in [6.45, 7) is 3.76. The van der Waals surface area contributed by atoms with Gasteiger partial charge in [0.1, 0.15) is 12.1 Å². The molecule has 3 atom stereocenters. The molecule has 272 valence electrons. The summed E-state index contributed by atoms with van der Waals surface area (Å²) in [5.74, 6) is -0.835. The largest absolute Gasteiger partial charge is 0.361 e. The lowest BCUT2D eigenvalue weighted by atomic mass is 10.0. The predicted octanol–water partition coefficient (Wildman–Crippen LogP) is 5.07. The van der Waals surface area contributed by atoms with Gasteiger partial charge < -0.3 is 37.3 Å². The minimum Gasteiger partial charge on any atom is -0.361 e. The molecule has 0 unspecified atom stereocenters. The average molecular weight is 824 g/mol. The number of amides is 3. The highest BCUT2D eigenvalue weighted by molar-refractivity contribution is 14.1. The van der Waals surface area contributed by atoms with Crippen LogP contribution in [0.3, 0.4) is 0 Å². The second-order valence-corrected chi connectivity index (χ2v) is 15.0. The number of carbonyl (C=O) groups excluding carboxylic acids is 3. The van der Waals surface area contributed by atoms with E-state index < -0.39 is 18.1 Å². The first-order valence-electron chi connectivity index (χ1n) is 17.7. The van der Waals surface area contributed by atoms with Crippen LogP contribution in [-0.2, 0) is 38.3 Å². The Hall–Kier alpha value is -3.43. The normalized spacial score (nSPS) is 19.3. The van der Waals surface area contributed by atoms with Crippen molar-refractivity contribution in [1.82, 2.24) is 25.8 Å². The summed E-state index contributed by atoms with van der Waals surface area (Å²) in [5.41, 5.74) is 18.0. The standard InChI is InChI=1S/C39H50IN7O3S/c1-25-18-27(21-40)36-29(19-25)24-45-38(49)34(20-28-23-43-31-12-5-4-11-30(28)31)47(2)39(50)33(13-7-8-16-41)46-37(48)32(14-9-17-42)44-22-26-10-3-6-15-35(26)51-36/h3-6,10-12,15,18-19,23,32-34,43-44H,7-9,13-14,16-17,20-22,24,41-42H2,1-2H3,(H,45,49)(H,46,48)/t32-,33-,34-/m0/s1. The van der Waals surface area contributed by atoms with Crippen LogP contribution in [0.15, 0.2) is 76.7 Å². The summed E-state index contributed by atoms with van der Waals surface area (Å²) >= 11 is 4.08. The molecule has 1 aromatic heterocycles. The lowest BCUT2D eigenvalue weighted by Gasteiger charge is -2.32. The van der Waals surface area contributed by atoms with Crippen molar-refractivity contribution in [2.24, 2.45) is 11.5 Å². The van der Waals surface area contributed by atoms with Gasteiger partial charge in [-0.25, -0.2) is 0 Å². The number of unbranched alkanes of at least 4 members (excludes halogenated alkanes) is 1. The van der Waals surface area contributed by atoms with Crippen molar-refractivity contribution in [3.63, 3.8) is 0 Å². The number of likely N-dealkylation sites (N-methyl/N-ethyl adjacent to an activating group) is 1. The number of H-pyrrole nitrogens is 1. The van der Waals surface area contributed by atoms with E-state index in [0.29, 0.717) is 64.7 Å². The summed E-state index contributed by atoms with van der Waals surface area (Å²) in [7, 11) is 1.67. The molecule has 0 fully saturated rings. The van der Waals surface area contributed by atoms with Gasteiger partial charge in [-0.3, -0.25) is 14.4 Å². The number of nitrogens with zero attached hydrogens (tertiary/aromatic N) is 1. The number of hydrogen-bond acceptors (Lipinski definition) is 7. The number of hydrogen-bond donors (Lipinski definition) is 6. The Labute approximate surface area is 318 Å². The molecule has 2 heterocycles. The van der Waals surface area contributed by atoms with Crippen LogP contribution in [0.2, 0.25) is 0 Å². The number of aromatic nitrogens is 1. The first kappa shape index (κ1) is 38.8. The lowest BCUT2D eigenvalue weighted by molar-refractivity contribution is -0.142. The molecule has 4 aromatic rings. The van der Waals surface area contributed by atoms with E-state index >= 15 is 0 Å². The number of halogens is 1. The third-order valence-electron chi connectivity index (χ3n) is 9.49. The fourth-order valence-electron chi connectivity index (χ4n) is 6.67. The Morgan fingerprint density at radius 1 is 0.863 bits per heavy atom. The first-order valence-corrected chi connectivity index (χ1v) is 20.1. The molecule has 0 saturated heterocycles. The molecule has 1 aliphatic rings. The fraction of sp³-hybridized carbons (Fsp3) is 0.410. The van der Waals surface area contributed by atoms with Crippen molar-refractivity contribution < 1.29 is 14.4 Å². The molecule has 0 spiro atoms. The molecule has 12 heteroatoms. The molecule has 51 heavy (non-hydrogen) atoms. The third-order valence-corrected chi connectivity index (χ3v) is 11.7. The van der Waals surface area contributed by atoms with Crippen LogP contribution in [0.1, 0.15) is 59.9 Å². The van der Waals surface area contributed by atoms with Crippen molar-refractivity contribution in [3.05, 3.63) is 94.7 Å². The number of aromatic amines is 1. The number of nitrogens with one attached hydrogen (secondary N) is 4. The zero-order valence-corrected chi connectivity index (χ0v) is 32.4. The number of carbonyl (C=O) groups is 3. The van der Waals surface area contributed by atoms with Crippen LogP contribution < -0.4 is 27.4 Å². The van der Waals surface area contributed by atoms with E-state index in [4.69, 9.17) is 11.5 Å². The molecule has 0 bridgehead atoms. The predicted molar refractivity (Wildman–Crippen MR) is 214 cm³/mol. The van der Waals surface area contributed by atoms with Gasteiger partial charge in [0, 0.05) is 57.9 Å². The fourth-order valence-corrected chi connectivity index (χ4v) is 8.69. The van der Waals surface area contributed by atoms with Gasteiger partial charge >= 0.3 is 0 Å². The highest BCUT2D eigenvalue weighted by Crippen LogP contribution is 2.37. The van der Waals surface area contributed by atoms with Crippen molar-refractivity contribution >= 4 is 63.0 Å². The van der Waals surface area contributed by atoms with Gasteiger partial charge in [-0.15, -0.1) is 0 Å². The van der Waals surface area contributed by atoms with Crippen molar-refractivity contribution in [3.8, 4) is 0 Å². The number of para-hydroxylation sites is 1. The maximum absolute atomic E-state index is 14.4. The van der Waals surface area contributed by atoms with Crippen LogP contribution in [0.25, 0.3) is 10.9 Å². The van der Waals surface area contributed by atoms with E-state index in [1.165, 1.54) is 10.5 Å². The lowest BCUT2D eigenvalue weighted by Crippen LogP contribution is -2.57. The SMILES string of the molecule is Cc1cc(CI)c2c(c1)CNC(=O)[C@H](Cc1c[nH]c3ccccc13)N(C)C(=O)[C@H](CCCCN)NC(=O)[C@H](CCCN)NCc1ccccc1S2. The van der Waals surface area contributed by atoms with Gasteiger partial charge in [0.25, 0.3) is 0 Å². The molecule has 8 N–H and O–H groups in total. The van der Waals surface area contributed by atoms with E-state index in [0.717, 1.165) is 47.4 Å². The third kappa shape index (κ3) is 9.92. The van der Waals surface area contributed by atoms with Gasteiger partial charge in [0.05, 0.1) is 6.04 Å². The molecule has 10 nitrogen and oxygen atoms in total. The molecular formula is C39H50IN7O3S. The molecule has 3 aromatic carbocycles. The Morgan fingerprint density at radius 3 is 2.39 bits per heavy atom. The molecular weight excluding hydrogens is 773 g/mol. The van der Waals surface area contributed by atoms with Crippen LogP contribution in [0.5, 0.6) is 0 Å². The van der Waals surface area contributed by atoms with Crippen molar-refractivity contribution in [2.75, 3.05) is 20.1 Å². The van der Waals surface area contributed by atoms with E-state index in [1.807, 2.05) is 42.6 Å². The minimum absolute atomic E-state index is 0.260. The highest BCUT2D eigenvalue weighted by Gasteiger charge is 2.34. The molecule has 0 saturated carbocycles. The smallest absolute Gasteiger partial charge is 0.245 e. The number of nitrogens with two attached hydrogens (primary N) is 2. The van der Waals surface area contributed by atoms with E-state index in [-0.39, 0.29) is 17.7 Å². The van der Waals surface area contributed by atoms with Gasteiger partial charge in [-0.2, -0.15) is 0 Å². The van der Waals surface area contributed by atoms with Gasteiger partial charge in [-0.1, -0.05) is 88.4 Å². The Kier molecular flexibility index (Phi) is 14.4. The number of aryl methyl sites for hydroxylation is 1. The van der Waals surface area contributed by atoms with E-state index in [1.54, 1.807) is 18.8 Å². The Balaban J connectivity index is 1.59. The number of alkyl halides is 1. The maximum atomic E-state index is 14.4. The highest BCUT2D eigenvalue weighted by atomic mass is 127. The summed E-state index contributed by atoms with van der Waals surface area (Å²) < 4.78 is 0.802. The topological polar surface area (TPSA) is 158 Å². The molecule has 0 aliphatic carbocycles. The summed E-state index contributed by atoms with van der Waals surface area (Å²) in [6.07, 6.45) is 5.14. The average Bonchev–Trinajstić information content (AvgIpc) is 3.55. The van der Waals surface area contributed by atoms with Crippen molar-refractivity contribution in [1.29, 1.82) is 0 Å². The van der Waals surface area contributed by atoms with E-state index in [2.05, 4.69) is 74.7 Å². The Morgan fingerprint density at radius 2 is 1.61 bits per heavy atom. The second kappa shape index (κ2) is 18.9. The van der Waals surface area contributed by atoms with Crippen molar-refractivity contribution in [2.45, 2.75) is 90.9 Å². The van der Waals surface area contributed by atoms with Crippen LogP contribution in [0, 0.1) is 6.92 Å². The summed E-state index contributed by atoms with van der Waals surface area (Å²) in [6, 6.07) is 18.2. The second-order valence-electron chi connectivity index (χ2n) is 13.2. The van der Waals surface area contributed by atoms with Crippen LogP contribution in [0.4, 0.5) is 0 Å². The number of benzene rings is 3. The van der Waals surface area contributed by atoms with E-state index in [9.17, 15) is 14.4 Å². The monoisotopic (exact) mass is 823 g/mol. The quantitative estimate of drug-likeness (QED) is 0.0741. The zero-order chi connectivity index (χ0) is 36.3. The number of rotatable bonds is 10. The van der Waals surface area contributed by atoms with Crippen LogP contribution >= 0.6 is 34.4 Å². The van der Waals surface area contributed by atoms with Crippen LogP contribution in [-0.4, -0.2) is 65.9 Å². The summed E-state index contributed by atoms with van der Waals surface area (Å²) in [4.78, 5) is 49.8. The van der Waals surface area contributed by atoms with Gasteiger partial charge in [0.15, 0.2) is 0 Å². The maximum Gasteiger partial charge on any atom is 0.245 e. The minimum atomic E-state index is -0.835. The molecule has 1 aliphatic heterocycles.